The van der Waals surface area contributed by atoms with Crippen LogP contribution in [0.5, 0.6) is 5.75 Å². The van der Waals surface area contributed by atoms with Crippen LogP contribution in [-0.4, -0.2) is 33.8 Å². The summed E-state index contributed by atoms with van der Waals surface area (Å²) in [6.45, 7) is 2.97. The van der Waals surface area contributed by atoms with Crippen molar-refractivity contribution in [3.8, 4) is 5.75 Å². The molecule has 0 atom stereocenters. The predicted octanol–water partition coefficient (Wildman–Crippen LogP) is 4.90. The molecule has 0 radical (unpaired) electrons. The highest BCUT2D eigenvalue weighted by atomic mass is 16.5. The molecule has 0 spiro atoms. The minimum atomic E-state index is -0.274. The van der Waals surface area contributed by atoms with Crippen LogP contribution in [0.3, 0.4) is 0 Å². The summed E-state index contributed by atoms with van der Waals surface area (Å²) in [6, 6.07) is 21.5. The molecule has 2 N–H and O–H groups in total. The van der Waals surface area contributed by atoms with Crippen LogP contribution in [0.15, 0.2) is 78.0 Å². The van der Waals surface area contributed by atoms with E-state index in [4.69, 9.17) is 4.74 Å². The lowest BCUT2D eigenvalue weighted by atomic mass is 10.1. The minimum Gasteiger partial charge on any atom is -0.497 e. The number of nitrogens with one attached hydrogen (secondary N) is 2. The van der Waals surface area contributed by atoms with Gasteiger partial charge in [-0.3, -0.25) is 4.79 Å². The van der Waals surface area contributed by atoms with Gasteiger partial charge in [0.15, 0.2) is 0 Å². The predicted molar refractivity (Wildman–Crippen MR) is 135 cm³/mol. The van der Waals surface area contributed by atoms with E-state index in [1.807, 2.05) is 48.7 Å². The Balaban J connectivity index is 1.30. The number of para-hydroxylation sites is 1. The second-order valence-corrected chi connectivity index (χ2v) is 8.03. The second-order valence-electron chi connectivity index (χ2n) is 8.03. The fourth-order valence-corrected chi connectivity index (χ4v) is 4.09. The Morgan fingerprint density at radius 3 is 2.76 bits per heavy atom. The molecule has 0 aliphatic rings. The molecule has 5 aromatic rings. The zero-order valence-corrected chi connectivity index (χ0v) is 19.1. The van der Waals surface area contributed by atoms with Gasteiger partial charge < -0.3 is 14.3 Å². The van der Waals surface area contributed by atoms with Crippen molar-refractivity contribution in [3.63, 3.8) is 0 Å². The van der Waals surface area contributed by atoms with Gasteiger partial charge in [-0.05, 0) is 48.9 Å². The molecule has 3 aromatic carbocycles. The molecular weight excluding hydrogens is 426 g/mol. The zero-order chi connectivity index (χ0) is 23.5. The highest BCUT2D eigenvalue weighted by molar-refractivity contribution is 6.01. The van der Waals surface area contributed by atoms with Crippen LogP contribution >= 0.6 is 0 Å². The number of benzene rings is 3. The summed E-state index contributed by atoms with van der Waals surface area (Å²) < 4.78 is 7.37. The van der Waals surface area contributed by atoms with Crippen LogP contribution in [0.4, 0.5) is 0 Å². The average Bonchev–Trinajstić information content (AvgIpc) is 3.44. The first kappa shape index (κ1) is 21.5. The van der Waals surface area contributed by atoms with E-state index in [9.17, 15) is 4.79 Å². The van der Waals surface area contributed by atoms with Crippen LogP contribution < -0.4 is 10.2 Å². The van der Waals surface area contributed by atoms with Gasteiger partial charge in [0.2, 0.25) is 0 Å². The highest BCUT2D eigenvalue weighted by Gasteiger charge is 2.10. The monoisotopic (exact) mass is 451 g/mol. The van der Waals surface area contributed by atoms with Gasteiger partial charge in [-0.2, -0.15) is 5.10 Å². The van der Waals surface area contributed by atoms with E-state index in [2.05, 4.69) is 44.1 Å². The number of methoxy groups -OCH3 is 1. The van der Waals surface area contributed by atoms with E-state index in [-0.39, 0.29) is 5.91 Å². The van der Waals surface area contributed by atoms with E-state index in [0.29, 0.717) is 12.0 Å². The SMILES string of the molecule is CCn1cc(/C=N\NC(=O)c2ccc3nc(Cc4ccc(OC)cc4)[nH]c3c2)c2ccccc21. The van der Waals surface area contributed by atoms with Crippen LogP contribution in [-0.2, 0) is 13.0 Å². The Hall–Kier alpha value is -4.39. The normalized spacial score (nSPS) is 11.5. The fourth-order valence-electron chi connectivity index (χ4n) is 4.09. The molecule has 1 amide bonds. The van der Waals surface area contributed by atoms with E-state index < -0.39 is 0 Å². The number of carbonyl (C=O) groups is 1. The van der Waals surface area contributed by atoms with Gasteiger partial charge in [0.1, 0.15) is 11.6 Å². The molecule has 0 aliphatic carbocycles. The molecule has 0 saturated carbocycles. The summed E-state index contributed by atoms with van der Waals surface area (Å²) in [5.41, 5.74) is 8.01. The summed E-state index contributed by atoms with van der Waals surface area (Å²) in [6.07, 6.45) is 4.39. The Labute approximate surface area is 197 Å². The molecule has 5 rings (SSSR count). The molecule has 34 heavy (non-hydrogen) atoms. The number of rotatable bonds is 7. The number of nitrogens with zero attached hydrogens (tertiary/aromatic N) is 3. The molecule has 7 nitrogen and oxygen atoms in total. The molecule has 2 heterocycles. The number of H-pyrrole nitrogens is 1. The molecule has 0 unspecified atom stereocenters. The number of hydrogen-bond donors (Lipinski definition) is 2. The molecule has 0 aliphatic heterocycles. The van der Waals surface area contributed by atoms with Gasteiger partial charge in [-0.25, -0.2) is 10.4 Å². The summed E-state index contributed by atoms with van der Waals surface area (Å²) in [7, 11) is 1.65. The van der Waals surface area contributed by atoms with Crippen molar-refractivity contribution in [3.05, 3.63) is 95.4 Å². The maximum absolute atomic E-state index is 12.7. The summed E-state index contributed by atoms with van der Waals surface area (Å²) >= 11 is 0. The van der Waals surface area contributed by atoms with Crippen LogP contribution in [0.25, 0.3) is 21.9 Å². The van der Waals surface area contributed by atoms with Crippen molar-refractivity contribution < 1.29 is 9.53 Å². The number of hydrogen-bond acceptors (Lipinski definition) is 4. The summed E-state index contributed by atoms with van der Waals surface area (Å²) in [4.78, 5) is 20.6. The average molecular weight is 452 g/mol. The first-order valence-corrected chi connectivity index (χ1v) is 11.2. The number of aryl methyl sites for hydroxylation is 1. The van der Waals surface area contributed by atoms with Crippen molar-refractivity contribution in [2.75, 3.05) is 7.11 Å². The van der Waals surface area contributed by atoms with Gasteiger partial charge in [-0.15, -0.1) is 0 Å². The minimum absolute atomic E-state index is 0.274. The van der Waals surface area contributed by atoms with Crippen LogP contribution in [0, 0.1) is 0 Å². The molecule has 0 fully saturated rings. The summed E-state index contributed by atoms with van der Waals surface area (Å²) in [5, 5.41) is 5.30. The number of hydrazone groups is 1. The molecule has 0 bridgehead atoms. The third kappa shape index (κ3) is 4.28. The number of aromatic amines is 1. The number of imidazole rings is 1. The number of amides is 1. The first-order chi connectivity index (χ1) is 16.6. The van der Waals surface area contributed by atoms with Gasteiger partial charge >= 0.3 is 0 Å². The maximum atomic E-state index is 12.7. The fraction of sp³-hybridized carbons (Fsp3) is 0.148. The van der Waals surface area contributed by atoms with Crippen molar-refractivity contribution in [1.82, 2.24) is 20.0 Å². The number of ether oxygens (including phenoxy) is 1. The third-order valence-corrected chi connectivity index (χ3v) is 5.85. The van der Waals surface area contributed by atoms with Crippen molar-refractivity contribution >= 4 is 34.1 Å². The van der Waals surface area contributed by atoms with Gasteiger partial charge in [0, 0.05) is 41.2 Å². The molecule has 7 heteroatoms. The number of carbonyl (C=O) groups excluding carboxylic acids is 1. The quantitative estimate of drug-likeness (QED) is 0.273. The Bertz CT molecular complexity index is 1500. The smallest absolute Gasteiger partial charge is 0.271 e. The topological polar surface area (TPSA) is 84.3 Å². The first-order valence-electron chi connectivity index (χ1n) is 11.2. The van der Waals surface area contributed by atoms with Gasteiger partial charge in [0.05, 0.1) is 24.4 Å². The Morgan fingerprint density at radius 2 is 1.97 bits per heavy atom. The maximum Gasteiger partial charge on any atom is 0.271 e. The number of aromatic nitrogens is 3. The molecule has 170 valence electrons. The standard InChI is InChI=1S/C27H25N5O2/c1-3-32-17-20(22-6-4-5-7-25(22)32)16-28-31-27(33)19-10-13-23-24(15-19)30-26(29-23)14-18-8-11-21(34-2)12-9-18/h4-13,15-17H,3,14H2,1-2H3,(H,29,30)(H,31,33)/b28-16-. The third-order valence-electron chi connectivity index (χ3n) is 5.85. The lowest BCUT2D eigenvalue weighted by Crippen LogP contribution is -2.17. The van der Waals surface area contributed by atoms with E-state index in [1.54, 1.807) is 25.5 Å². The zero-order valence-electron chi connectivity index (χ0n) is 19.1. The lowest BCUT2D eigenvalue weighted by Gasteiger charge is -2.01. The highest BCUT2D eigenvalue weighted by Crippen LogP contribution is 2.20. The summed E-state index contributed by atoms with van der Waals surface area (Å²) in [5.74, 6) is 1.38. The Morgan fingerprint density at radius 1 is 1.15 bits per heavy atom. The Kier molecular flexibility index (Phi) is 5.82. The van der Waals surface area contributed by atoms with E-state index >= 15 is 0 Å². The van der Waals surface area contributed by atoms with Gasteiger partial charge in [-0.1, -0.05) is 30.3 Å². The van der Waals surface area contributed by atoms with E-state index in [0.717, 1.165) is 51.2 Å². The van der Waals surface area contributed by atoms with E-state index in [1.165, 1.54) is 0 Å². The van der Waals surface area contributed by atoms with Crippen molar-refractivity contribution in [2.24, 2.45) is 5.10 Å². The van der Waals surface area contributed by atoms with Crippen LogP contribution in [0.2, 0.25) is 0 Å². The second kappa shape index (κ2) is 9.23. The van der Waals surface area contributed by atoms with Crippen molar-refractivity contribution in [2.45, 2.75) is 19.9 Å². The molecule has 2 aromatic heterocycles. The molecule has 0 saturated heterocycles. The number of fused-ring (bicyclic) bond motifs is 2. The molecular formula is C27H25N5O2. The lowest BCUT2D eigenvalue weighted by molar-refractivity contribution is 0.0955. The van der Waals surface area contributed by atoms with Crippen LogP contribution in [0.1, 0.15) is 34.2 Å². The van der Waals surface area contributed by atoms with Crippen molar-refractivity contribution in [1.29, 1.82) is 0 Å². The van der Waals surface area contributed by atoms with Gasteiger partial charge in [0.25, 0.3) is 5.91 Å². The largest absolute Gasteiger partial charge is 0.497 e.